The van der Waals surface area contributed by atoms with E-state index in [1.807, 2.05) is 45.0 Å². The molecular weight excluding hydrogens is 352 g/mol. The first-order valence-electron chi connectivity index (χ1n) is 8.48. The summed E-state index contributed by atoms with van der Waals surface area (Å²) in [6, 6.07) is 10.5. The summed E-state index contributed by atoms with van der Waals surface area (Å²) in [6.45, 7) is 7.44. The number of benzene rings is 1. The number of amides is 2. The highest BCUT2D eigenvalue weighted by atomic mass is 35.5. The minimum Gasteiger partial charge on any atom is -0.459 e. The number of hydrogen-bond acceptors (Lipinski definition) is 3. The van der Waals surface area contributed by atoms with Gasteiger partial charge < -0.3 is 14.6 Å². The summed E-state index contributed by atoms with van der Waals surface area (Å²) in [5.41, 5.74) is 0.377. The van der Waals surface area contributed by atoms with Gasteiger partial charge in [0.05, 0.1) is 6.54 Å². The number of likely N-dealkylation sites (N-methyl/N-ethyl adjacent to an activating group) is 1. The van der Waals surface area contributed by atoms with Crippen molar-refractivity contribution in [1.29, 1.82) is 0 Å². The van der Waals surface area contributed by atoms with Crippen LogP contribution in [0.3, 0.4) is 0 Å². The lowest BCUT2D eigenvalue weighted by Gasteiger charge is -2.24. The predicted octanol–water partition coefficient (Wildman–Crippen LogP) is 4.11. The molecule has 1 aromatic heterocycles. The normalized spacial score (nSPS) is 12.5. The van der Waals surface area contributed by atoms with Gasteiger partial charge in [0.2, 0.25) is 11.8 Å². The van der Waals surface area contributed by atoms with Gasteiger partial charge in [-0.2, -0.15) is 0 Å². The van der Waals surface area contributed by atoms with Gasteiger partial charge in [0.25, 0.3) is 0 Å². The summed E-state index contributed by atoms with van der Waals surface area (Å²) in [6.07, 6.45) is 0. The molecule has 6 heteroatoms. The summed E-state index contributed by atoms with van der Waals surface area (Å²) in [5, 5.41) is 3.41. The molecule has 140 valence electrons. The highest BCUT2D eigenvalue weighted by Crippen LogP contribution is 2.24. The van der Waals surface area contributed by atoms with E-state index < -0.39 is 11.5 Å². The fourth-order valence-corrected chi connectivity index (χ4v) is 2.48. The third-order valence-corrected chi connectivity index (χ3v) is 4.21. The first kappa shape index (κ1) is 20.0. The first-order chi connectivity index (χ1) is 12.1. The third kappa shape index (κ3) is 5.11. The maximum Gasteiger partial charge on any atom is 0.245 e. The van der Waals surface area contributed by atoms with Gasteiger partial charge in [-0.1, -0.05) is 32.4 Å². The second kappa shape index (κ2) is 7.96. The van der Waals surface area contributed by atoms with Crippen LogP contribution in [0, 0.1) is 5.41 Å². The molecule has 0 aliphatic heterocycles. The Kier molecular flexibility index (Phi) is 6.13. The van der Waals surface area contributed by atoms with Crippen LogP contribution in [0.15, 0.2) is 40.8 Å². The fourth-order valence-electron chi connectivity index (χ4n) is 2.35. The maximum absolute atomic E-state index is 12.5. The van der Waals surface area contributed by atoms with Crippen LogP contribution in [0.5, 0.6) is 0 Å². The Balaban J connectivity index is 1.99. The molecule has 0 bridgehead atoms. The minimum atomic E-state index is -0.600. The second-order valence-electron chi connectivity index (χ2n) is 7.41. The lowest BCUT2D eigenvalue weighted by atomic mass is 9.95. The molecule has 0 unspecified atom stereocenters. The Labute approximate surface area is 159 Å². The summed E-state index contributed by atoms with van der Waals surface area (Å²) in [4.78, 5) is 26.1. The molecule has 0 aliphatic rings. The molecule has 1 N–H and O–H groups in total. The molecule has 0 spiro atoms. The van der Waals surface area contributed by atoms with Gasteiger partial charge in [-0.25, -0.2) is 0 Å². The zero-order chi connectivity index (χ0) is 19.5. The molecule has 0 saturated carbocycles. The highest BCUT2D eigenvalue weighted by Gasteiger charge is 2.26. The number of hydrogen-bond donors (Lipinski definition) is 1. The van der Waals surface area contributed by atoms with Crippen molar-refractivity contribution in [2.24, 2.45) is 5.41 Å². The Morgan fingerprint density at radius 3 is 2.35 bits per heavy atom. The summed E-state index contributed by atoms with van der Waals surface area (Å²) < 4.78 is 5.82. The van der Waals surface area contributed by atoms with Crippen LogP contribution in [0.25, 0.3) is 11.3 Å². The molecule has 1 atom stereocenters. The van der Waals surface area contributed by atoms with E-state index in [1.54, 1.807) is 26.1 Å². The van der Waals surface area contributed by atoms with Crippen molar-refractivity contribution < 1.29 is 14.0 Å². The van der Waals surface area contributed by atoms with E-state index in [-0.39, 0.29) is 11.8 Å². The topological polar surface area (TPSA) is 62.6 Å². The molecule has 2 rings (SSSR count). The van der Waals surface area contributed by atoms with Gasteiger partial charge >= 0.3 is 0 Å². The SMILES string of the molecule is C[C@H](NC(=O)C(C)(C)C)C(=O)N(C)Cc1ccc(-c2ccc(Cl)cc2)o1. The Bertz CT molecular complexity index is 775. The first-order valence-corrected chi connectivity index (χ1v) is 8.86. The standard InChI is InChI=1S/C20H25ClN2O3/c1-13(22-19(25)20(2,3)4)18(24)23(5)12-16-10-11-17(26-16)14-6-8-15(21)9-7-14/h6-11,13H,12H2,1-5H3,(H,22,25)/t13-/m0/s1. The van der Waals surface area contributed by atoms with E-state index >= 15 is 0 Å². The smallest absolute Gasteiger partial charge is 0.245 e. The molecule has 5 nitrogen and oxygen atoms in total. The molecular formula is C20H25ClN2O3. The molecule has 2 aromatic rings. The van der Waals surface area contributed by atoms with Gasteiger partial charge in [0, 0.05) is 23.0 Å². The van der Waals surface area contributed by atoms with E-state index in [2.05, 4.69) is 5.32 Å². The van der Waals surface area contributed by atoms with Gasteiger partial charge in [-0.15, -0.1) is 0 Å². The van der Waals surface area contributed by atoms with Gasteiger partial charge in [-0.05, 0) is 43.3 Å². The van der Waals surface area contributed by atoms with E-state index in [4.69, 9.17) is 16.0 Å². The summed E-state index contributed by atoms with van der Waals surface area (Å²) >= 11 is 5.90. The lowest BCUT2D eigenvalue weighted by Crippen LogP contribution is -2.48. The second-order valence-corrected chi connectivity index (χ2v) is 7.85. The zero-order valence-electron chi connectivity index (χ0n) is 15.8. The molecule has 2 amide bonds. The van der Waals surface area contributed by atoms with Crippen molar-refractivity contribution in [3.8, 4) is 11.3 Å². The number of nitrogens with zero attached hydrogens (tertiary/aromatic N) is 1. The predicted molar refractivity (Wildman–Crippen MR) is 103 cm³/mol. The summed E-state index contributed by atoms with van der Waals surface area (Å²) in [5.74, 6) is 1.05. The Hall–Kier alpha value is -2.27. The molecule has 26 heavy (non-hydrogen) atoms. The minimum absolute atomic E-state index is 0.158. The van der Waals surface area contributed by atoms with E-state index in [1.165, 1.54) is 4.90 Å². The average Bonchev–Trinajstić information content (AvgIpc) is 3.02. The molecule has 0 saturated heterocycles. The van der Waals surface area contributed by atoms with Crippen molar-refractivity contribution in [3.05, 3.63) is 47.2 Å². The number of carbonyl (C=O) groups excluding carboxylic acids is 2. The largest absolute Gasteiger partial charge is 0.459 e. The molecule has 1 aromatic carbocycles. The van der Waals surface area contributed by atoms with Gasteiger partial charge in [-0.3, -0.25) is 9.59 Å². The number of rotatable bonds is 5. The summed E-state index contributed by atoms with van der Waals surface area (Å²) in [7, 11) is 1.69. The third-order valence-electron chi connectivity index (χ3n) is 3.96. The monoisotopic (exact) mass is 376 g/mol. The van der Waals surface area contributed by atoms with Crippen LogP contribution in [0.1, 0.15) is 33.5 Å². The number of nitrogens with one attached hydrogen (secondary N) is 1. The molecule has 0 fully saturated rings. The molecule has 0 radical (unpaired) electrons. The lowest BCUT2D eigenvalue weighted by molar-refractivity contribution is -0.137. The Morgan fingerprint density at radius 1 is 1.15 bits per heavy atom. The van der Waals surface area contributed by atoms with Crippen LogP contribution < -0.4 is 5.32 Å². The van der Waals surface area contributed by atoms with Crippen molar-refractivity contribution in [2.75, 3.05) is 7.05 Å². The van der Waals surface area contributed by atoms with E-state index in [0.717, 1.165) is 5.56 Å². The molecule has 1 heterocycles. The van der Waals surface area contributed by atoms with Gasteiger partial charge in [0.15, 0.2) is 0 Å². The van der Waals surface area contributed by atoms with Crippen molar-refractivity contribution in [3.63, 3.8) is 0 Å². The average molecular weight is 377 g/mol. The van der Waals surface area contributed by atoms with Crippen molar-refractivity contribution >= 4 is 23.4 Å². The van der Waals surface area contributed by atoms with Crippen LogP contribution in [-0.4, -0.2) is 29.8 Å². The zero-order valence-corrected chi connectivity index (χ0v) is 16.6. The van der Waals surface area contributed by atoms with Crippen LogP contribution in [-0.2, 0) is 16.1 Å². The van der Waals surface area contributed by atoms with Crippen molar-refractivity contribution in [1.82, 2.24) is 10.2 Å². The van der Waals surface area contributed by atoms with Crippen LogP contribution in [0.4, 0.5) is 0 Å². The quantitative estimate of drug-likeness (QED) is 0.854. The van der Waals surface area contributed by atoms with Crippen molar-refractivity contribution in [2.45, 2.75) is 40.3 Å². The van der Waals surface area contributed by atoms with E-state index in [9.17, 15) is 9.59 Å². The van der Waals surface area contributed by atoms with Gasteiger partial charge in [0.1, 0.15) is 17.6 Å². The van der Waals surface area contributed by atoms with Crippen LogP contribution >= 0.6 is 11.6 Å². The Morgan fingerprint density at radius 2 is 1.77 bits per heavy atom. The maximum atomic E-state index is 12.5. The highest BCUT2D eigenvalue weighted by molar-refractivity contribution is 6.30. The van der Waals surface area contributed by atoms with E-state index in [0.29, 0.717) is 23.1 Å². The molecule has 0 aliphatic carbocycles. The number of carbonyl (C=O) groups is 2. The van der Waals surface area contributed by atoms with Crippen LogP contribution in [0.2, 0.25) is 5.02 Å². The number of halogens is 1. The number of furan rings is 1. The fraction of sp³-hybridized carbons (Fsp3) is 0.400.